The molecule has 1 rings (SSSR count). The molecule has 0 aliphatic heterocycles. The summed E-state index contributed by atoms with van der Waals surface area (Å²) in [5.41, 5.74) is 0.452. The number of aromatic amines is 1. The number of hydrogen-bond acceptors (Lipinski definition) is 4. The van der Waals surface area contributed by atoms with E-state index >= 15 is 0 Å². The van der Waals surface area contributed by atoms with E-state index in [2.05, 4.69) is 29.4 Å². The molecular formula is C9H16N4O2. The SMILES string of the molecule is CC(C)CC(C)Nc1cn[nH]c1[N+](=O)[O-]. The van der Waals surface area contributed by atoms with Crippen LogP contribution in [-0.2, 0) is 0 Å². The molecule has 0 bridgehead atoms. The zero-order chi connectivity index (χ0) is 11.4. The lowest BCUT2D eigenvalue weighted by Crippen LogP contribution is -2.17. The van der Waals surface area contributed by atoms with Gasteiger partial charge in [-0.25, -0.2) is 0 Å². The number of rotatable bonds is 5. The van der Waals surface area contributed by atoms with Crippen molar-refractivity contribution in [3.63, 3.8) is 0 Å². The van der Waals surface area contributed by atoms with E-state index in [0.29, 0.717) is 11.6 Å². The van der Waals surface area contributed by atoms with Gasteiger partial charge in [0.2, 0.25) is 0 Å². The van der Waals surface area contributed by atoms with Crippen LogP contribution in [0.1, 0.15) is 27.2 Å². The number of nitro groups is 1. The van der Waals surface area contributed by atoms with E-state index in [0.717, 1.165) is 6.42 Å². The van der Waals surface area contributed by atoms with E-state index in [-0.39, 0.29) is 11.9 Å². The molecule has 1 heterocycles. The summed E-state index contributed by atoms with van der Waals surface area (Å²) in [6, 6.07) is 0.196. The highest BCUT2D eigenvalue weighted by Gasteiger charge is 2.16. The van der Waals surface area contributed by atoms with Crippen molar-refractivity contribution in [2.75, 3.05) is 5.32 Å². The Hall–Kier alpha value is -1.59. The van der Waals surface area contributed by atoms with Crippen LogP contribution < -0.4 is 5.32 Å². The fraction of sp³-hybridized carbons (Fsp3) is 0.667. The third kappa shape index (κ3) is 3.23. The van der Waals surface area contributed by atoms with Gasteiger partial charge in [-0.2, -0.15) is 0 Å². The average Bonchev–Trinajstić information content (AvgIpc) is 2.50. The summed E-state index contributed by atoms with van der Waals surface area (Å²) >= 11 is 0. The third-order valence-electron chi connectivity index (χ3n) is 2.03. The molecule has 84 valence electrons. The summed E-state index contributed by atoms with van der Waals surface area (Å²) in [6.45, 7) is 6.22. The van der Waals surface area contributed by atoms with Gasteiger partial charge in [0.25, 0.3) is 0 Å². The molecule has 1 atom stereocenters. The minimum Gasteiger partial charge on any atom is -0.374 e. The first-order valence-corrected chi connectivity index (χ1v) is 4.95. The van der Waals surface area contributed by atoms with E-state index in [1.165, 1.54) is 6.20 Å². The van der Waals surface area contributed by atoms with Gasteiger partial charge < -0.3 is 15.4 Å². The second kappa shape index (κ2) is 4.77. The Morgan fingerprint density at radius 3 is 2.80 bits per heavy atom. The molecule has 0 aromatic carbocycles. The second-order valence-corrected chi connectivity index (χ2v) is 4.06. The Balaban J connectivity index is 2.64. The lowest BCUT2D eigenvalue weighted by molar-refractivity contribution is -0.388. The molecule has 0 aliphatic rings. The number of H-pyrrole nitrogens is 1. The van der Waals surface area contributed by atoms with Crippen LogP contribution in [0.15, 0.2) is 6.20 Å². The molecule has 0 spiro atoms. The number of nitrogens with zero attached hydrogens (tertiary/aromatic N) is 2. The second-order valence-electron chi connectivity index (χ2n) is 4.06. The summed E-state index contributed by atoms with van der Waals surface area (Å²) in [6.07, 6.45) is 2.40. The summed E-state index contributed by atoms with van der Waals surface area (Å²) in [7, 11) is 0. The molecule has 2 N–H and O–H groups in total. The average molecular weight is 212 g/mol. The van der Waals surface area contributed by atoms with Crippen molar-refractivity contribution in [3.8, 4) is 0 Å². The Bertz CT molecular complexity index is 335. The number of aromatic nitrogens is 2. The first-order valence-electron chi connectivity index (χ1n) is 4.95. The number of nitrogens with one attached hydrogen (secondary N) is 2. The molecule has 1 aromatic heterocycles. The Morgan fingerprint density at radius 2 is 2.27 bits per heavy atom. The van der Waals surface area contributed by atoms with Gasteiger partial charge in [-0.15, -0.1) is 5.10 Å². The molecule has 0 saturated heterocycles. The Morgan fingerprint density at radius 1 is 1.60 bits per heavy atom. The van der Waals surface area contributed by atoms with Crippen molar-refractivity contribution in [3.05, 3.63) is 16.3 Å². The zero-order valence-electron chi connectivity index (χ0n) is 9.15. The third-order valence-corrected chi connectivity index (χ3v) is 2.03. The molecule has 15 heavy (non-hydrogen) atoms. The van der Waals surface area contributed by atoms with Crippen molar-refractivity contribution in [1.82, 2.24) is 10.2 Å². The van der Waals surface area contributed by atoms with E-state index in [1.807, 2.05) is 6.92 Å². The first kappa shape index (κ1) is 11.5. The number of anilines is 1. The van der Waals surface area contributed by atoms with Crippen LogP contribution in [0.5, 0.6) is 0 Å². The summed E-state index contributed by atoms with van der Waals surface area (Å²) in [5, 5.41) is 19.6. The van der Waals surface area contributed by atoms with E-state index < -0.39 is 4.92 Å². The quantitative estimate of drug-likeness (QED) is 0.578. The van der Waals surface area contributed by atoms with Crippen molar-refractivity contribution in [1.29, 1.82) is 0 Å². The summed E-state index contributed by atoms with van der Waals surface area (Å²) in [4.78, 5) is 10.1. The maximum Gasteiger partial charge on any atom is 0.366 e. The Labute approximate surface area is 88.2 Å². The van der Waals surface area contributed by atoms with Crippen molar-refractivity contribution in [2.24, 2.45) is 5.92 Å². The molecule has 6 nitrogen and oxygen atoms in total. The lowest BCUT2D eigenvalue weighted by atomic mass is 10.1. The predicted molar refractivity (Wildman–Crippen MR) is 57.8 cm³/mol. The minimum absolute atomic E-state index is 0.0781. The van der Waals surface area contributed by atoms with Gasteiger partial charge in [0, 0.05) is 6.04 Å². The van der Waals surface area contributed by atoms with Gasteiger partial charge in [0.1, 0.15) is 6.20 Å². The molecule has 0 aliphatic carbocycles. The fourth-order valence-corrected chi connectivity index (χ4v) is 1.56. The van der Waals surface area contributed by atoms with Gasteiger partial charge >= 0.3 is 5.82 Å². The topological polar surface area (TPSA) is 83.8 Å². The summed E-state index contributed by atoms with van der Waals surface area (Å²) in [5.74, 6) is 0.476. The minimum atomic E-state index is -0.475. The van der Waals surface area contributed by atoms with Crippen LogP contribution in [0.3, 0.4) is 0 Å². The largest absolute Gasteiger partial charge is 0.374 e. The van der Waals surface area contributed by atoms with Crippen molar-refractivity contribution >= 4 is 11.5 Å². The van der Waals surface area contributed by atoms with E-state index in [9.17, 15) is 10.1 Å². The van der Waals surface area contributed by atoms with Crippen molar-refractivity contribution < 1.29 is 4.92 Å². The number of hydrogen-bond donors (Lipinski definition) is 2. The maximum atomic E-state index is 10.6. The van der Waals surface area contributed by atoms with Crippen LogP contribution in [0.4, 0.5) is 11.5 Å². The fourth-order valence-electron chi connectivity index (χ4n) is 1.56. The van der Waals surface area contributed by atoms with Gasteiger partial charge in [-0.3, -0.25) is 0 Å². The first-order chi connectivity index (χ1) is 7.00. The molecule has 0 fully saturated rings. The van der Waals surface area contributed by atoms with Crippen LogP contribution >= 0.6 is 0 Å². The molecule has 0 radical (unpaired) electrons. The highest BCUT2D eigenvalue weighted by atomic mass is 16.6. The van der Waals surface area contributed by atoms with E-state index in [4.69, 9.17) is 0 Å². The standard InChI is InChI=1S/C9H16N4O2/c1-6(2)4-7(3)11-8-5-10-12-9(8)13(14)15/h5-7,11H,4H2,1-3H3,(H,10,12). The maximum absolute atomic E-state index is 10.6. The smallest absolute Gasteiger partial charge is 0.366 e. The van der Waals surface area contributed by atoms with Crippen LogP contribution in [0, 0.1) is 16.0 Å². The molecule has 6 heteroatoms. The molecule has 0 amide bonds. The highest BCUT2D eigenvalue weighted by Crippen LogP contribution is 2.21. The molecule has 0 saturated carbocycles. The van der Waals surface area contributed by atoms with Gasteiger partial charge in [0.05, 0.1) is 0 Å². The van der Waals surface area contributed by atoms with Gasteiger partial charge in [-0.05, 0) is 24.2 Å². The van der Waals surface area contributed by atoms with Gasteiger partial charge in [0.15, 0.2) is 5.69 Å². The summed E-state index contributed by atoms with van der Waals surface area (Å²) < 4.78 is 0. The van der Waals surface area contributed by atoms with Gasteiger partial charge in [-0.1, -0.05) is 18.9 Å². The van der Waals surface area contributed by atoms with E-state index in [1.54, 1.807) is 0 Å². The van der Waals surface area contributed by atoms with Crippen LogP contribution in [0.25, 0.3) is 0 Å². The molecule has 1 unspecified atom stereocenters. The Kier molecular flexibility index (Phi) is 3.65. The van der Waals surface area contributed by atoms with Crippen LogP contribution in [0.2, 0.25) is 0 Å². The normalized spacial score (nSPS) is 12.8. The zero-order valence-corrected chi connectivity index (χ0v) is 9.15. The monoisotopic (exact) mass is 212 g/mol. The van der Waals surface area contributed by atoms with Crippen molar-refractivity contribution in [2.45, 2.75) is 33.2 Å². The predicted octanol–water partition coefficient (Wildman–Crippen LogP) is 2.16. The van der Waals surface area contributed by atoms with Crippen LogP contribution in [-0.4, -0.2) is 21.2 Å². The highest BCUT2D eigenvalue weighted by molar-refractivity contribution is 5.55. The lowest BCUT2D eigenvalue weighted by Gasteiger charge is -2.15. The molecule has 1 aromatic rings. The molecular weight excluding hydrogens is 196 g/mol.